The molecule has 0 aromatic carbocycles. The average Bonchev–Trinajstić information content (AvgIpc) is 3.24. The van der Waals surface area contributed by atoms with Gasteiger partial charge >= 0.3 is 5.88 Å². The van der Waals surface area contributed by atoms with Crippen LogP contribution in [0.15, 0.2) is 28.9 Å². The lowest BCUT2D eigenvalue weighted by Gasteiger charge is -2.16. The topological polar surface area (TPSA) is 115 Å². The zero-order valence-corrected chi connectivity index (χ0v) is 13.8. The number of aromatic nitrogens is 2. The van der Waals surface area contributed by atoms with E-state index in [1.807, 2.05) is 19.0 Å². The first-order chi connectivity index (χ1) is 11.9. The molecule has 0 saturated carbocycles. The molecule has 1 aliphatic rings. The van der Waals surface area contributed by atoms with Crippen molar-refractivity contribution in [2.45, 2.75) is 12.5 Å². The molecule has 25 heavy (non-hydrogen) atoms. The summed E-state index contributed by atoms with van der Waals surface area (Å²) in [7, 11) is 3.71. The number of hydrogen-bond acceptors (Lipinski definition) is 8. The van der Waals surface area contributed by atoms with Gasteiger partial charge in [-0.25, -0.2) is 0 Å². The zero-order valence-electron chi connectivity index (χ0n) is 13.8. The minimum Gasteiger partial charge on any atom is -0.471 e. The van der Waals surface area contributed by atoms with Gasteiger partial charge in [-0.1, -0.05) is 0 Å². The molecule has 132 valence electrons. The Morgan fingerprint density at radius 3 is 2.92 bits per heavy atom. The number of ether oxygens (including phenoxy) is 1. The van der Waals surface area contributed by atoms with Gasteiger partial charge in [0.2, 0.25) is 5.88 Å². The number of carbonyl (C=O) groups is 1. The zero-order chi connectivity index (χ0) is 18.0. The highest BCUT2D eigenvalue weighted by atomic mass is 16.6. The second-order valence-electron chi connectivity index (χ2n) is 5.78. The Morgan fingerprint density at radius 2 is 2.24 bits per heavy atom. The molecule has 1 fully saturated rings. The number of likely N-dealkylation sites (tertiary alicyclic amines) is 1. The normalized spacial score (nSPS) is 16.7. The summed E-state index contributed by atoms with van der Waals surface area (Å²) in [5.41, 5.74) is 0. The van der Waals surface area contributed by atoms with Gasteiger partial charge in [-0.3, -0.25) is 19.9 Å². The van der Waals surface area contributed by atoms with Crippen LogP contribution in [-0.4, -0.2) is 59.0 Å². The fourth-order valence-electron chi connectivity index (χ4n) is 2.49. The maximum absolute atomic E-state index is 12.3. The minimum absolute atomic E-state index is 0.0539. The van der Waals surface area contributed by atoms with Crippen molar-refractivity contribution < 1.29 is 18.9 Å². The van der Waals surface area contributed by atoms with Crippen molar-refractivity contribution in [3.63, 3.8) is 0 Å². The number of furan rings is 1. The summed E-state index contributed by atoms with van der Waals surface area (Å²) >= 11 is 0. The Labute approximate surface area is 143 Å². The SMILES string of the molecule is CN(C)c1cncc(OC2CCN(C(=O)c3ccc([N+](=O)[O-])o3)C2)n1. The molecule has 0 bridgehead atoms. The molecule has 2 aromatic heterocycles. The summed E-state index contributed by atoms with van der Waals surface area (Å²) < 4.78 is 10.7. The van der Waals surface area contributed by atoms with E-state index in [1.165, 1.54) is 23.2 Å². The van der Waals surface area contributed by atoms with Gasteiger partial charge in [0, 0.05) is 27.1 Å². The fraction of sp³-hybridized carbons (Fsp3) is 0.400. The van der Waals surface area contributed by atoms with Gasteiger partial charge in [0.15, 0.2) is 11.6 Å². The van der Waals surface area contributed by atoms with Crippen molar-refractivity contribution in [1.29, 1.82) is 0 Å². The molecule has 1 aliphatic heterocycles. The van der Waals surface area contributed by atoms with Crippen molar-refractivity contribution in [3.05, 3.63) is 40.4 Å². The lowest BCUT2D eigenvalue weighted by atomic mass is 10.3. The van der Waals surface area contributed by atoms with Gasteiger partial charge in [-0.2, -0.15) is 4.98 Å². The number of amides is 1. The van der Waals surface area contributed by atoms with E-state index in [1.54, 1.807) is 6.20 Å². The summed E-state index contributed by atoms with van der Waals surface area (Å²) in [6.07, 6.45) is 3.55. The third-order valence-corrected chi connectivity index (χ3v) is 3.76. The highest BCUT2D eigenvalue weighted by molar-refractivity contribution is 5.92. The van der Waals surface area contributed by atoms with Crippen molar-refractivity contribution in [3.8, 4) is 5.88 Å². The molecule has 10 nitrogen and oxygen atoms in total. The molecule has 0 radical (unpaired) electrons. The van der Waals surface area contributed by atoms with Crippen LogP contribution in [0.3, 0.4) is 0 Å². The van der Waals surface area contributed by atoms with E-state index in [9.17, 15) is 14.9 Å². The molecule has 1 amide bonds. The Hall–Kier alpha value is -3.17. The van der Waals surface area contributed by atoms with E-state index < -0.39 is 16.7 Å². The number of rotatable bonds is 5. The fourth-order valence-corrected chi connectivity index (χ4v) is 2.49. The van der Waals surface area contributed by atoms with Crippen LogP contribution >= 0.6 is 0 Å². The van der Waals surface area contributed by atoms with Crippen LogP contribution in [0.2, 0.25) is 0 Å². The maximum Gasteiger partial charge on any atom is 0.433 e. The number of carbonyl (C=O) groups excluding carboxylic acids is 1. The quantitative estimate of drug-likeness (QED) is 0.588. The minimum atomic E-state index is -0.677. The molecule has 1 saturated heterocycles. The molecular formula is C15H17N5O5. The molecule has 0 aliphatic carbocycles. The lowest BCUT2D eigenvalue weighted by molar-refractivity contribution is -0.402. The third kappa shape index (κ3) is 3.67. The van der Waals surface area contributed by atoms with Crippen LogP contribution in [0.5, 0.6) is 5.88 Å². The first-order valence-corrected chi connectivity index (χ1v) is 7.63. The first kappa shape index (κ1) is 16.7. The van der Waals surface area contributed by atoms with Gasteiger partial charge in [-0.05, 0) is 6.07 Å². The molecule has 10 heteroatoms. The summed E-state index contributed by atoms with van der Waals surface area (Å²) in [5, 5.41) is 10.6. The van der Waals surface area contributed by atoms with Crippen LogP contribution in [0.25, 0.3) is 0 Å². The second-order valence-corrected chi connectivity index (χ2v) is 5.78. The molecule has 2 aromatic rings. The summed E-state index contributed by atoms with van der Waals surface area (Å²) in [5.74, 6) is 0.158. The lowest BCUT2D eigenvalue weighted by Crippen LogP contribution is -2.30. The number of nitro groups is 1. The summed E-state index contributed by atoms with van der Waals surface area (Å²) in [6, 6.07) is 2.47. The van der Waals surface area contributed by atoms with Gasteiger partial charge in [0.05, 0.1) is 25.0 Å². The molecular weight excluding hydrogens is 330 g/mol. The van der Waals surface area contributed by atoms with Crippen LogP contribution in [0.4, 0.5) is 11.7 Å². The number of hydrogen-bond donors (Lipinski definition) is 0. The molecule has 1 unspecified atom stereocenters. The predicted octanol–water partition coefficient (Wildman–Crippen LogP) is 1.34. The largest absolute Gasteiger partial charge is 0.471 e. The van der Waals surface area contributed by atoms with Gasteiger partial charge in [0.1, 0.15) is 11.0 Å². The first-order valence-electron chi connectivity index (χ1n) is 7.63. The van der Waals surface area contributed by atoms with E-state index in [-0.39, 0.29) is 11.9 Å². The summed E-state index contributed by atoms with van der Waals surface area (Å²) in [6.45, 7) is 0.819. The molecule has 0 spiro atoms. The summed E-state index contributed by atoms with van der Waals surface area (Å²) in [4.78, 5) is 34.1. The van der Waals surface area contributed by atoms with Crippen LogP contribution in [0.1, 0.15) is 17.0 Å². The smallest absolute Gasteiger partial charge is 0.433 e. The van der Waals surface area contributed by atoms with E-state index in [2.05, 4.69) is 9.97 Å². The monoisotopic (exact) mass is 347 g/mol. The van der Waals surface area contributed by atoms with Crippen molar-refractivity contribution in [1.82, 2.24) is 14.9 Å². The van der Waals surface area contributed by atoms with Crippen molar-refractivity contribution in [2.24, 2.45) is 0 Å². The predicted molar refractivity (Wildman–Crippen MR) is 86.7 cm³/mol. The Morgan fingerprint density at radius 1 is 1.44 bits per heavy atom. The van der Waals surface area contributed by atoms with Gasteiger partial charge in [0.25, 0.3) is 5.91 Å². The number of anilines is 1. The Balaban J connectivity index is 1.62. The molecule has 0 N–H and O–H groups in total. The number of nitrogens with zero attached hydrogens (tertiary/aromatic N) is 5. The van der Waals surface area contributed by atoms with Gasteiger partial charge < -0.3 is 19.0 Å². The van der Waals surface area contributed by atoms with Crippen LogP contribution in [0, 0.1) is 10.1 Å². The van der Waals surface area contributed by atoms with E-state index in [0.29, 0.717) is 31.2 Å². The van der Waals surface area contributed by atoms with Crippen LogP contribution in [-0.2, 0) is 0 Å². The van der Waals surface area contributed by atoms with Crippen LogP contribution < -0.4 is 9.64 Å². The van der Waals surface area contributed by atoms with Crippen molar-refractivity contribution in [2.75, 3.05) is 32.1 Å². The van der Waals surface area contributed by atoms with Gasteiger partial charge in [-0.15, -0.1) is 0 Å². The molecule has 3 heterocycles. The molecule has 3 rings (SSSR count). The molecule has 1 atom stereocenters. The Kier molecular flexibility index (Phi) is 4.50. The van der Waals surface area contributed by atoms with E-state index >= 15 is 0 Å². The average molecular weight is 347 g/mol. The highest BCUT2D eigenvalue weighted by Gasteiger charge is 2.31. The third-order valence-electron chi connectivity index (χ3n) is 3.76. The standard InChI is InChI=1S/C15H17N5O5/c1-18(2)12-7-16-8-13(17-12)24-10-5-6-19(9-10)15(21)11-3-4-14(25-11)20(22)23/h3-4,7-8,10H,5-6,9H2,1-2H3. The van der Waals surface area contributed by atoms with Crippen molar-refractivity contribution >= 4 is 17.6 Å². The maximum atomic E-state index is 12.3. The van der Waals surface area contributed by atoms with E-state index in [0.717, 1.165) is 0 Å². The highest BCUT2D eigenvalue weighted by Crippen LogP contribution is 2.22. The Bertz CT molecular complexity index is 790. The second kappa shape index (κ2) is 6.75. The van der Waals surface area contributed by atoms with E-state index in [4.69, 9.17) is 9.15 Å².